The molecule has 0 amide bonds. The Morgan fingerprint density at radius 2 is 2.11 bits per heavy atom. The van der Waals surface area contributed by atoms with Crippen LogP contribution in [0.15, 0.2) is 18.2 Å². The number of hydrogen-bond acceptors (Lipinski definition) is 3. The smallest absolute Gasteiger partial charge is 0.354 e. The number of benzene rings is 1. The van der Waals surface area contributed by atoms with Crippen LogP contribution in [-0.4, -0.2) is 28.6 Å². The molecule has 94 valence electrons. The minimum Gasteiger partial charge on any atom is -0.478 e. The summed E-state index contributed by atoms with van der Waals surface area (Å²) in [5, 5.41) is 9.27. The molecule has 0 fully saturated rings. The predicted octanol–water partition coefficient (Wildman–Crippen LogP) is 2.18. The number of aromatic amines is 1. The van der Waals surface area contributed by atoms with Crippen molar-refractivity contribution in [3.8, 4) is 0 Å². The molecule has 1 aromatic heterocycles. The van der Waals surface area contributed by atoms with Gasteiger partial charge < -0.3 is 14.8 Å². The molecule has 1 heterocycles. The number of rotatable bonds is 3. The first-order chi connectivity index (χ1) is 8.52. The standard InChI is InChI=1S/C12H10FNO4/c1-2-18-12(17)9-4-6-3-7(13)5-8(11(15)16)10(6)14-9/h3-5,14H,2H2,1H3,(H,15,16). The molecule has 2 aromatic rings. The molecule has 0 aliphatic carbocycles. The fourth-order valence-electron chi connectivity index (χ4n) is 1.70. The lowest BCUT2D eigenvalue weighted by molar-refractivity contribution is 0.0519. The Kier molecular flexibility index (Phi) is 3.01. The van der Waals surface area contributed by atoms with E-state index in [1.54, 1.807) is 6.92 Å². The molecular weight excluding hydrogens is 241 g/mol. The summed E-state index contributed by atoms with van der Waals surface area (Å²) in [6.45, 7) is 1.86. The van der Waals surface area contributed by atoms with Crippen molar-refractivity contribution in [2.45, 2.75) is 6.92 Å². The molecule has 0 unspecified atom stereocenters. The van der Waals surface area contributed by atoms with Crippen LogP contribution in [0.2, 0.25) is 0 Å². The summed E-state index contributed by atoms with van der Waals surface area (Å²) in [4.78, 5) is 25.1. The van der Waals surface area contributed by atoms with E-state index in [9.17, 15) is 14.0 Å². The van der Waals surface area contributed by atoms with E-state index in [-0.39, 0.29) is 23.4 Å². The van der Waals surface area contributed by atoms with Gasteiger partial charge in [0.2, 0.25) is 0 Å². The second-order valence-corrected chi connectivity index (χ2v) is 3.63. The van der Waals surface area contributed by atoms with E-state index in [2.05, 4.69) is 4.98 Å². The molecule has 0 radical (unpaired) electrons. The zero-order valence-electron chi connectivity index (χ0n) is 9.49. The van der Waals surface area contributed by atoms with Gasteiger partial charge in [-0.25, -0.2) is 14.0 Å². The third kappa shape index (κ3) is 2.04. The number of aromatic nitrogens is 1. The van der Waals surface area contributed by atoms with Crippen molar-refractivity contribution in [1.82, 2.24) is 4.98 Å². The Hall–Kier alpha value is -2.37. The second kappa shape index (κ2) is 4.48. The highest BCUT2D eigenvalue weighted by Gasteiger charge is 2.16. The summed E-state index contributed by atoms with van der Waals surface area (Å²) in [6.07, 6.45) is 0. The number of H-pyrrole nitrogens is 1. The fourth-order valence-corrected chi connectivity index (χ4v) is 1.70. The largest absolute Gasteiger partial charge is 0.478 e. The first kappa shape index (κ1) is 12.1. The Morgan fingerprint density at radius 3 is 2.72 bits per heavy atom. The topological polar surface area (TPSA) is 79.4 Å². The number of ether oxygens (including phenoxy) is 1. The average molecular weight is 251 g/mol. The van der Waals surface area contributed by atoms with Gasteiger partial charge >= 0.3 is 11.9 Å². The summed E-state index contributed by atoms with van der Waals surface area (Å²) in [6, 6.07) is 3.42. The highest BCUT2D eigenvalue weighted by atomic mass is 19.1. The van der Waals surface area contributed by atoms with Crippen molar-refractivity contribution in [1.29, 1.82) is 0 Å². The number of carbonyl (C=O) groups is 2. The van der Waals surface area contributed by atoms with E-state index in [0.29, 0.717) is 5.39 Å². The van der Waals surface area contributed by atoms with Crippen molar-refractivity contribution in [3.63, 3.8) is 0 Å². The average Bonchev–Trinajstić information content (AvgIpc) is 2.71. The van der Waals surface area contributed by atoms with Crippen LogP contribution in [0.1, 0.15) is 27.8 Å². The first-order valence-electron chi connectivity index (χ1n) is 5.25. The number of aromatic carboxylic acids is 1. The summed E-state index contributed by atoms with van der Waals surface area (Å²) in [5.74, 6) is -2.54. The van der Waals surface area contributed by atoms with E-state index in [1.165, 1.54) is 6.07 Å². The lowest BCUT2D eigenvalue weighted by atomic mass is 10.1. The van der Waals surface area contributed by atoms with Gasteiger partial charge in [0.05, 0.1) is 17.7 Å². The number of halogens is 1. The molecule has 0 spiro atoms. The third-order valence-corrected chi connectivity index (χ3v) is 2.42. The number of carbonyl (C=O) groups excluding carboxylic acids is 1. The predicted molar refractivity (Wildman–Crippen MR) is 61.2 cm³/mol. The minimum absolute atomic E-state index is 0.0972. The van der Waals surface area contributed by atoms with Crippen LogP contribution in [0.5, 0.6) is 0 Å². The monoisotopic (exact) mass is 251 g/mol. The molecule has 0 atom stereocenters. The molecule has 2 N–H and O–H groups in total. The van der Waals surface area contributed by atoms with Crippen molar-refractivity contribution in [3.05, 3.63) is 35.3 Å². The highest BCUT2D eigenvalue weighted by Crippen LogP contribution is 2.22. The molecule has 18 heavy (non-hydrogen) atoms. The van der Waals surface area contributed by atoms with Gasteiger partial charge in [-0.05, 0) is 25.1 Å². The molecule has 0 bridgehead atoms. The molecule has 2 rings (SSSR count). The van der Waals surface area contributed by atoms with E-state index in [0.717, 1.165) is 12.1 Å². The van der Waals surface area contributed by atoms with Crippen LogP contribution >= 0.6 is 0 Å². The van der Waals surface area contributed by atoms with Gasteiger partial charge in [-0.15, -0.1) is 0 Å². The maximum absolute atomic E-state index is 13.2. The Morgan fingerprint density at radius 1 is 1.39 bits per heavy atom. The molecule has 5 nitrogen and oxygen atoms in total. The number of nitrogens with one attached hydrogen (secondary N) is 1. The van der Waals surface area contributed by atoms with Crippen molar-refractivity contribution in [2.75, 3.05) is 6.61 Å². The van der Waals surface area contributed by atoms with Gasteiger partial charge in [0.25, 0.3) is 0 Å². The zero-order valence-corrected chi connectivity index (χ0v) is 9.49. The summed E-state index contributed by atoms with van der Waals surface area (Å²) < 4.78 is 18.0. The van der Waals surface area contributed by atoms with Crippen LogP contribution in [0.4, 0.5) is 4.39 Å². The van der Waals surface area contributed by atoms with E-state index < -0.39 is 17.8 Å². The van der Waals surface area contributed by atoms with Crippen LogP contribution in [-0.2, 0) is 4.74 Å². The summed E-state index contributed by atoms with van der Waals surface area (Å²) in [5.41, 5.74) is 0.0763. The van der Waals surface area contributed by atoms with Gasteiger partial charge in [0, 0.05) is 5.39 Å². The number of carboxylic acid groups (broad SMARTS) is 1. The van der Waals surface area contributed by atoms with Crippen molar-refractivity contribution < 1.29 is 23.8 Å². The minimum atomic E-state index is -1.27. The van der Waals surface area contributed by atoms with Crippen LogP contribution in [0, 0.1) is 5.82 Å². The Labute approximate surface area is 101 Å². The second-order valence-electron chi connectivity index (χ2n) is 3.63. The van der Waals surface area contributed by atoms with Crippen molar-refractivity contribution in [2.24, 2.45) is 0 Å². The van der Waals surface area contributed by atoms with Gasteiger partial charge in [0.15, 0.2) is 0 Å². The Bertz CT molecular complexity index is 632. The first-order valence-corrected chi connectivity index (χ1v) is 5.25. The van der Waals surface area contributed by atoms with Gasteiger partial charge in [0.1, 0.15) is 11.5 Å². The van der Waals surface area contributed by atoms with Crippen LogP contribution in [0.25, 0.3) is 10.9 Å². The summed E-state index contributed by atoms with van der Waals surface area (Å²) in [7, 11) is 0. The van der Waals surface area contributed by atoms with E-state index >= 15 is 0 Å². The van der Waals surface area contributed by atoms with E-state index in [4.69, 9.17) is 9.84 Å². The number of carboxylic acids is 1. The molecule has 0 saturated carbocycles. The number of esters is 1. The zero-order chi connectivity index (χ0) is 13.3. The maximum Gasteiger partial charge on any atom is 0.354 e. The van der Waals surface area contributed by atoms with Gasteiger partial charge in [-0.1, -0.05) is 0 Å². The molecule has 0 saturated heterocycles. The van der Waals surface area contributed by atoms with Crippen LogP contribution < -0.4 is 0 Å². The molecule has 6 heteroatoms. The molecular formula is C12H10FNO4. The highest BCUT2D eigenvalue weighted by molar-refractivity contribution is 6.04. The number of hydrogen-bond donors (Lipinski definition) is 2. The van der Waals surface area contributed by atoms with Crippen LogP contribution in [0.3, 0.4) is 0 Å². The normalized spacial score (nSPS) is 10.6. The van der Waals surface area contributed by atoms with Gasteiger partial charge in [-0.3, -0.25) is 0 Å². The van der Waals surface area contributed by atoms with Crippen molar-refractivity contribution >= 4 is 22.8 Å². The third-order valence-electron chi connectivity index (χ3n) is 2.42. The van der Waals surface area contributed by atoms with E-state index in [1.807, 2.05) is 0 Å². The lowest BCUT2D eigenvalue weighted by Gasteiger charge is -1.98. The molecule has 1 aromatic carbocycles. The fraction of sp³-hybridized carbons (Fsp3) is 0.167. The van der Waals surface area contributed by atoms with Gasteiger partial charge in [-0.2, -0.15) is 0 Å². The molecule has 0 aliphatic rings. The maximum atomic E-state index is 13.2. The SMILES string of the molecule is CCOC(=O)c1cc2cc(F)cc(C(=O)O)c2[nH]1. The number of fused-ring (bicyclic) bond motifs is 1. The molecule has 0 aliphatic heterocycles. The quantitative estimate of drug-likeness (QED) is 0.819. The Balaban J connectivity index is 2.60. The summed E-state index contributed by atoms with van der Waals surface area (Å²) >= 11 is 0. The lowest BCUT2D eigenvalue weighted by Crippen LogP contribution is -2.04.